The van der Waals surface area contributed by atoms with Gasteiger partial charge in [0.05, 0.1) is 12.0 Å². The number of likely N-dealkylation sites (N-methyl/N-ethyl adjacent to an activating group) is 1. The molecule has 1 aliphatic rings. The molecule has 0 saturated carbocycles. The first-order chi connectivity index (χ1) is 11.8. The molecule has 2 N–H and O–H groups in total. The van der Waals surface area contributed by atoms with E-state index in [9.17, 15) is 17.6 Å². The third kappa shape index (κ3) is 3.78. The Morgan fingerprint density at radius 2 is 2.04 bits per heavy atom. The van der Waals surface area contributed by atoms with Crippen molar-refractivity contribution in [1.82, 2.24) is 9.21 Å². The third-order valence-corrected chi connectivity index (χ3v) is 6.25. The number of nitrogens with two attached hydrogens (primary N) is 1. The Bertz CT molecular complexity index is 737. The molecule has 9 heteroatoms. The molecule has 1 amide bonds. The van der Waals surface area contributed by atoms with Crippen molar-refractivity contribution in [3.63, 3.8) is 0 Å². The topological polar surface area (TPSA) is 92.9 Å². The quantitative estimate of drug-likeness (QED) is 0.796. The van der Waals surface area contributed by atoms with Gasteiger partial charge in [-0.15, -0.1) is 0 Å². The standard InChI is InChI=1S/C16H24FN3O4S/c1-4-19(5-2)16(21)14-8-11(18)10-20(14)25(22,23)12-6-7-15(24-3)13(17)9-12/h6-7,9,11,14H,4-5,8,10,18H2,1-3H3/t11-,14+/m1/s1. The molecule has 0 spiro atoms. The first-order valence-corrected chi connectivity index (χ1v) is 9.60. The van der Waals surface area contributed by atoms with Crippen LogP contribution in [0.5, 0.6) is 5.75 Å². The number of carbonyl (C=O) groups excluding carboxylic acids is 1. The van der Waals surface area contributed by atoms with E-state index >= 15 is 0 Å². The zero-order chi connectivity index (χ0) is 18.8. The maximum absolute atomic E-state index is 13.9. The maximum Gasteiger partial charge on any atom is 0.243 e. The number of methoxy groups -OCH3 is 1. The second kappa shape index (κ2) is 7.67. The van der Waals surface area contributed by atoms with Crippen molar-refractivity contribution in [2.45, 2.75) is 37.2 Å². The molecule has 1 saturated heterocycles. The summed E-state index contributed by atoms with van der Waals surface area (Å²) in [7, 11) is -2.76. The van der Waals surface area contributed by atoms with Crippen LogP contribution >= 0.6 is 0 Å². The molecule has 0 aliphatic carbocycles. The van der Waals surface area contributed by atoms with Gasteiger partial charge >= 0.3 is 0 Å². The lowest BCUT2D eigenvalue weighted by Crippen LogP contribution is -2.47. The van der Waals surface area contributed by atoms with Crippen LogP contribution in [0.3, 0.4) is 0 Å². The molecule has 1 aromatic carbocycles. The van der Waals surface area contributed by atoms with Gasteiger partial charge < -0.3 is 15.4 Å². The van der Waals surface area contributed by atoms with Crippen LogP contribution in [0.15, 0.2) is 23.1 Å². The fourth-order valence-electron chi connectivity index (χ4n) is 3.02. The predicted molar refractivity (Wildman–Crippen MR) is 91.2 cm³/mol. The van der Waals surface area contributed by atoms with Crippen molar-refractivity contribution in [1.29, 1.82) is 0 Å². The molecular formula is C16H24FN3O4S. The fourth-order valence-corrected chi connectivity index (χ4v) is 4.68. The van der Waals surface area contributed by atoms with E-state index in [1.807, 2.05) is 13.8 Å². The number of ether oxygens (including phenoxy) is 1. The molecule has 1 aliphatic heterocycles. The van der Waals surface area contributed by atoms with Crippen LogP contribution in [0.1, 0.15) is 20.3 Å². The summed E-state index contributed by atoms with van der Waals surface area (Å²) in [6.07, 6.45) is 0.243. The molecule has 25 heavy (non-hydrogen) atoms. The largest absolute Gasteiger partial charge is 0.494 e. The van der Waals surface area contributed by atoms with Gasteiger partial charge in [0.15, 0.2) is 11.6 Å². The number of hydrogen-bond acceptors (Lipinski definition) is 5. The zero-order valence-corrected chi connectivity index (χ0v) is 15.4. The number of halogens is 1. The molecule has 1 fully saturated rings. The van der Waals surface area contributed by atoms with Crippen LogP contribution in [0, 0.1) is 5.82 Å². The molecule has 2 rings (SSSR count). The first-order valence-electron chi connectivity index (χ1n) is 8.16. The molecule has 140 valence electrons. The SMILES string of the molecule is CCN(CC)C(=O)[C@@H]1C[C@@H](N)CN1S(=O)(=O)c1ccc(OC)c(F)c1. The van der Waals surface area contributed by atoms with Gasteiger partial charge in [-0.05, 0) is 38.5 Å². The van der Waals surface area contributed by atoms with E-state index in [-0.39, 0.29) is 29.5 Å². The lowest BCUT2D eigenvalue weighted by molar-refractivity contribution is -0.134. The van der Waals surface area contributed by atoms with E-state index in [4.69, 9.17) is 10.5 Å². The summed E-state index contributed by atoms with van der Waals surface area (Å²) in [6, 6.07) is 2.10. The summed E-state index contributed by atoms with van der Waals surface area (Å²) in [4.78, 5) is 14.0. The molecule has 0 bridgehead atoms. The van der Waals surface area contributed by atoms with Gasteiger partial charge in [-0.25, -0.2) is 12.8 Å². The smallest absolute Gasteiger partial charge is 0.243 e. The molecular weight excluding hydrogens is 349 g/mol. The van der Waals surface area contributed by atoms with Gasteiger partial charge in [-0.2, -0.15) is 4.31 Å². The molecule has 1 aromatic rings. The highest BCUT2D eigenvalue weighted by molar-refractivity contribution is 7.89. The average Bonchev–Trinajstić information content (AvgIpc) is 2.98. The minimum absolute atomic E-state index is 0.0215. The summed E-state index contributed by atoms with van der Waals surface area (Å²) in [5.74, 6) is -1.11. The average molecular weight is 373 g/mol. The highest BCUT2D eigenvalue weighted by Crippen LogP contribution is 2.29. The van der Waals surface area contributed by atoms with Crippen molar-refractivity contribution in [2.24, 2.45) is 5.73 Å². The maximum atomic E-state index is 13.9. The Labute approximate surface area is 147 Å². The lowest BCUT2D eigenvalue weighted by Gasteiger charge is -2.28. The second-order valence-electron chi connectivity index (χ2n) is 5.89. The van der Waals surface area contributed by atoms with E-state index < -0.39 is 27.9 Å². The van der Waals surface area contributed by atoms with Crippen LogP contribution < -0.4 is 10.5 Å². The molecule has 0 radical (unpaired) electrons. The van der Waals surface area contributed by atoms with E-state index in [2.05, 4.69) is 0 Å². The molecule has 7 nitrogen and oxygen atoms in total. The van der Waals surface area contributed by atoms with Crippen molar-refractivity contribution >= 4 is 15.9 Å². The second-order valence-corrected chi connectivity index (χ2v) is 7.78. The Morgan fingerprint density at radius 1 is 1.40 bits per heavy atom. The Hall–Kier alpha value is -1.71. The highest BCUT2D eigenvalue weighted by Gasteiger charge is 2.44. The summed E-state index contributed by atoms with van der Waals surface area (Å²) in [6.45, 7) is 4.63. The predicted octanol–water partition coefficient (Wildman–Crippen LogP) is 0.793. The summed E-state index contributed by atoms with van der Waals surface area (Å²) in [5.41, 5.74) is 5.92. The Morgan fingerprint density at radius 3 is 2.56 bits per heavy atom. The van der Waals surface area contributed by atoms with Crippen LogP contribution in [0.25, 0.3) is 0 Å². The van der Waals surface area contributed by atoms with Crippen LogP contribution in [-0.4, -0.2) is 62.4 Å². The number of rotatable bonds is 6. The summed E-state index contributed by atoms with van der Waals surface area (Å²) >= 11 is 0. The molecule has 1 heterocycles. The number of benzene rings is 1. The van der Waals surface area contributed by atoms with E-state index in [0.29, 0.717) is 13.1 Å². The number of carbonyl (C=O) groups is 1. The number of amides is 1. The fraction of sp³-hybridized carbons (Fsp3) is 0.562. The third-order valence-electron chi connectivity index (χ3n) is 4.38. The van der Waals surface area contributed by atoms with Gasteiger partial charge in [0.1, 0.15) is 6.04 Å². The normalized spacial score (nSPS) is 21.3. The van der Waals surface area contributed by atoms with Gasteiger partial charge in [0, 0.05) is 25.7 Å². The first kappa shape index (κ1) is 19.6. The van der Waals surface area contributed by atoms with E-state index in [1.54, 1.807) is 4.90 Å². The number of hydrogen-bond donors (Lipinski definition) is 1. The van der Waals surface area contributed by atoms with Crippen LogP contribution in [0.2, 0.25) is 0 Å². The van der Waals surface area contributed by atoms with Crippen LogP contribution in [-0.2, 0) is 14.8 Å². The summed E-state index contributed by atoms with van der Waals surface area (Å²) in [5, 5.41) is 0. The number of nitrogens with zero attached hydrogens (tertiary/aromatic N) is 2. The Balaban J connectivity index is 2.39. The van der Waals surface area contributed by atoms with Gasteiger partial charge in [-0.3, -0.25) is 4.79 Å². The van der Waals surface area contributed by atoms with Crippen LogP contribution in [0.4, 0.5) is 4.39 Å². The van der Waals surface area contributed by atoms with Gasteiger partial charge in [0.2, 0.25) is 15.9 Å². The number of sulfonamides is 1. The minimum atomic E-state index is -4.05. The van der Waals surface area contributed by atoms with Gasteiger partial charge in [0.25, 0.3) is 0 Å². The zero-order valence-electron chi connectivity index (χ0n) is 14.6. The van der Waals surface area contributed by atoms with Crippen molar-refractivity contribution in [3.8, 4) is 5.75 Å². The van der Waals surface area contributed by atoms with E-state index in [1.165, 1.54) is 19.2 Å². The van der Waals surface area contributed by atoms with E-state index in [0.717, 1.165) is 10.4 Å². The monoisotopic (exact) mass is 373 g/mol. The summed E-state index contributed by atoms with van der Waals surface area (Å²) < 4.78 is 45.7. The van der Waals surface area contributed by atoms with Gasteiger partial charge in [-0.1, -0.05) is 0 Å². The molecule has 0 aromatic heterocycles. The van der Waals surface area contributed by atoms with Crippen molar-refractivity contribution < 1.29 is 22.3 Å². The van der Waals surface area contributed by atoms with Crippen molar-refractivity contribution in [2.75, 3.05) is 26.7 Å². The molecule has 2 atom stereocenters. The highest BCUT2D eigenvalue weighted by atomic mass is 32.2. The minimum Gasteiger partial charge on any atom is -0.494 e. The lowest BCUT2D eigenvalue weighted by atomic mass is 10.1. The molecule has 0 unspecified atom stereocenters. The Kier molecular flexibility index (Phi) is 6.02. The van der Waals surface area contributed by atoms with Crippen molar-refractivity contribution in [3.05, 3.63) is 24.0 Å².